The molecule has 0 amide bonds. The molecule has 0 radical (unpaired) electrons. The molecule has 0 unspecified atom stereocenters. The number of benzene rings is 1. The Bertz CT molecular complexity index is 636. The number of ether oxygens (including phenoxy) is 3. The molecule has 110 valence electrons. The monoisotopic (exact) mass is 289 g/mol. The van der Waals surface area contributed by atoms with E-state index in [1.807, 2.05) is 0 Å². The Balaban J connectivity index is 2.38. The smallest absolute Gasteiger partial charge is 0.210 e. The van der Waals surface area contributed by atoms with Crippen molar-refractivity contribution < 1.29 is 19.4 Å². The fourth-order valence-corrected chi connectivity index (χ4v) is 1.70. The maximum atomic E-state index is 8.68. The summed E-state index contributed by atoms with van der Waals surface area (Å²) in [6.45, 7) is 0. The lowest BCUT2D eigenvalue weighted by atomic mass is 10.3. The van der Waals surface area contributed by atoms with Gasteiger partial charge in [0.2, 0.25) is 5.75 Å². The van der Waals surface area contributed by atoms with Gasteiger partial charge in [-0.3, -0.25) is 4.98 Å². The number of nitrogens with zero attached hydrogens (tertiary/aromatic N) is 2. The number of pyridine rings is 1. The van der Waals surface area contributed by atoms with E-state index in [0.29, 0.717) is 28.7 Å². The summed E-state index contributed by atoms with van der Waals surface area (Å²) in [7, 11) is 3.08. The molecule has 0 fully saturated rings. The summed E-state index contributed by atoms with van der Waals surface area (Å²) in [5.74, 6) is 1.83. The van der Waals surface area contributed by atoms with E-state index in [4.69, 9.17) is 25.2 Å². The Morgan fingerprint density at radius 3 is 2.43 bits per heavy atom. The number of hydrogen-bond donors (Lipinski definition) is 2. The highest BCUT2D eigenvalue weighted by Crippen LogP contribution is 2.39. The molecule has 21 heavy (non-hydrogen) atoms. The maximum Gasteiger partial charge on any atom is 0.210 e. The summed E-state index contributed by atoms with van der Waals surface area (Å²) in [6.07, 6.45) is 1.49. The number of hydrogen-bond acceptors (Lipinski definition) is 6. The lowest BCUT2D eigenvalue weighted by Crippen LogP contribution is -2.14. The number of rotatable bonds is 5. The summed E-state index contributed by atoms with van der Waals surface area (Å²) >= 11 is 0. The molecule has 0 aliphatic carbocycles. The van der Waals surface area contributed by atoms with E-state index in [1.165, 1.54) is 20.4 Å². The highest BCUT2D eigenvalue weighted by molar-refractivity contribution is 5.95. The highest BCUT2D eigenvalue weighted by atomic mass is 16.5. The molecule has 2 aromatic rings. The fraction of sp³-hybridized carbons (Fsp3) is 0.143. The van der Waals surface area contributed by atoms with Gasteiger partial charge in [-0.1, -0.05) is 11.2 Å². The van der Waals surface area contributed by atoms with Crippen LogP contribution in [-0.4, -0.2) is 30.2 Å². The van der Waals surface area contributed by atoms with E-state index < -0.39 is 0 Å². The molecule has 0 aliphatic rings. The van der Waals surface area contributed by atoms with Crippen LogP contribution in [0.15, 0.2) is 41.7 Å². The van der Waals surface area contributed by atoms with E-state index in [9.17, 15) is 0 Å². The Kier molecular flexibility index (Phi) is 4.45. The molecule has 0 aliphatic heterocycles. The molecule has 2 rings (SSSR count). The average Bonchev–Trinajstić information content (AvgIpc) is 2.54. The van der Waals surface area contributed by atoms with Gasteiger partial charge in [-0.05, 0) is 18.2 Å². The van der Waals surface area contributed by atoms with Gasteiger partial charge < -0.3 is 25.2 Å². The largest absolute Gasteiger partial charge is 0.493 e. The van der Waals surface area contributed by atoms with Gasteiger partial charge in [0.15, 0.2) is 17.3 Å². The molecule has 7 heteroatoms. The summed E-state index contributed by atoms with van der Waals surface area (Å²) in [4.78, 5) is 3.98. The van der Waals surface area contributed by atoms with E-state index in [0.717, 1.165) is 0 Å². The van der Waals surface area contributed by atoms with Crippen LogP contribution in [-0.2, 0) is 0 Å². The molecule has 0 bridgehead atoms. The molecule has 7 nitrogen and oxygen atoms in total. The first kappa shape index (κ1) is 14.4. The second-order valence-corrected chi connectivity index (χ2v) is 3.96. The van der Waals surface area contributed by atoms with Gasteiger partial charge >= 0.3 is 0 Å². The zero-order valence-corrected chi connectivity index (χ0v) is 11.6. The number of oxime groups is 1. The van der Waals surface area contributed by atoms with Gasteiger partial charge in [0.25, 0.3) is 0 Å². The van der Waals surface area contributed by atoms with Crippen LogP contribution in [0.4, 0.5) is 0 Å². The second-order valence-electron chi connectivity index (χ2n) is 3.96. The number of methoxy groups -OCH3 is 2. The Morgan fingerprint density at radius 2 is 1.86 bits per heavy atom. The molecule has 1 aromatic heterocycles. The minimum absolute atomic E-state index is 0.104. The Morgan fingerprint density at radius 1 is 1.19 bits per heavy atom. The minimum atomic E-state index is -0.104. The van der Waals surface area contributed by atoms with Crippen molar-refractivity contribution in [2.45, 2.75) is 0 Å². The SMILES string of the molecule is COc1cccc(OC)c1Oc1ccnc(C(N)=NO)c1. The molecule has 0 saturated heterocycles. The second kappa shape index (κ2) is 6.47. The van der Waals surface area contributed by atoms with E-state index >= 15 is 0 Å². The number of nitrogens with two attached hydrogens (primary N) is 1. The van der Waals surface area contributed by atoms with Crippen molar-refractivity contribution in [3.8, 4) is 23.0 Å². The van der Waals surface area contributed by atoms with E-state index in [1.54, 1.807) is 30.3 Å². The summed E-state index contributed by atoms with van der Waals surface area (Å²) in [5.41, 5.74) is 5.80. The maximum absolute atomic E-state index is 8.68. The van der Waals surface area contributed by atoms with Gasteiger partial charge in [-0.2, -0.15) is 0 Å². The lowest BCUT2D eigenvalue weighted by Gasteiger charge is -2.14. The van der Waals surface area contributed by atoms with Gasteiger partial charge in [0, 0.05) is 12.3 Å². The third-order valence-electron chi connectivity index (χ3n) is 2.70. The molecule has 1 aromatic carbocycles. The van der Waals surface area contributed by atoms with Crippen LogP contribution >= 0.6 is 0 Å². The van der Waals surface area contributed by atoms with Crippen LogP contribution in [0.3, 0.4) is 0 Å². The first-order chi connectivity index (χ1) is 10.2. The van der Waals surface area contributed by atoms with Crippen molar-refractivity contribution >= 4 is 5.84 Å². The van der Waals surface area contributed by atoms with Crippen molar-refractivity contribution in [3.05, 3.63) is 42.2 Å². The normalized spacial score (nSPS) is 11.0. The molecule has 0 atom stereocenters. The van der Waals surface area contributed by atoms with Gasteiger partial charge in [0.1, 0.15) is 11.4 Å². The first-order valence-electron chi connectivity index (χ1n) is 6.02. The molecule has 0 spiro atoms. The molecule has 3 N–H and O–H groups in total. The topological polar surface area (TPSA) is 99.2 Å². The zero-order chi connectivity index (χ0) is 15.2. The van der Waals surface area contributed by atoms with Gasteiger partial charge in [-0.25, -0.2) is 0 Å². The summed E-state index contributed by atoms with van der Waals surface area (Å²) < 4.78 is 16.3. The standard InChI is InChI=1S/C14H15N3O4/c1-19-11-4-3-5-12(20-2)13(11)21-9-6-7-16-10(8-9)14(15)17-18/h3-8,18H,1-2H3,(H2,15,17). The molecule has 1 heterocycles. The van der Waals surface area contributed by atoms with Crippen molar-refractivity contribution in [2.75, 3.05) is 14.2 Å². The van der Waals surface area contributed by atoms with Crippen molar-refractivity contribution in [1.29, 1.82) is 0 Å². The van der Waals surface area contributed by atoms with Crippen LogP contribution in [0.5, 0.6) is 23.0 Å². The highest BCUT2D eigenvalue weighted by Gasteiger charge is 2.13. The van der Waals surface area contributed by atoms with Crippen LogP contribution < -0.4 is 19.9 Å². The van der Waals surface area contributed by atoms with Crippen LogP contribution in [0.2, 0.25) is 0 Å². The number of amidine groups is 1. The van der Waals surface area contributed by atoms with Crippen molar-refractivity contribution in [2.24, 2.45) is 10.9 Å². The molecular weight excluding hydrogens is 274 g/mol. The van der Waals surface area contributed by atoms with Gasteiger partial charge in [-0.15, -0.1) is 0 Å². The van der Waals surface area contributed by atoms with Gasteiger partial charge in [0.05, 0.1) is 14.2 Å². The molecule has 0 saturated carbocycles. The Hall–Kier alpha value is -2.96. The van der Waals surface area contributed by atoms with Crippen molar-refractivity contribution in [3.63, 3.8) is 0 Å². The van der Waals surface area contributed by atoms with E-state index in [-0.39, 0.29) is 5.84 Å². The Labute approximate surface area is 121 Å². The summed E-state index contributed by atoms with van der Waals surface area (Å²) in [6, 6.07) is 8.48. The third kappa shape index (κ3) is 3.14. The van der Waals surface area contributed by atoms with Crippen molar-refractivity contribution in [1.82, 2.24) is 4.98 Å². The lowest BCUT2D eigenvalue weighted by molar-refractivity contribution is 0.318. The number of aromatic nitrogens is 1. The third-order valence-corrected chi connectivity index (χ3v) is 2.70. The van der Waals surface area contributed by atoms with E-state index in [2.05, 4.69) is 10.1 Å². The van der Waals surface area contributed by atoms with Crippen LogP contribution in [0.1, 0.15) is 5.69 Å². The summed E-state index contributed by atoms with van der Waals surface area (Å²) in [5, 5.41) is 11.6. The number of para-hydroxylation sites is 1. The zero-order valence-electron chi connectivity index (χ0n) is 11.6. The minimum Gasteiger partial charge on any atom is -0.493 e. The predicted octanol–water partition coefficient (Wildman–Crippen LogP) is 1.99. The average molecular weight is 289 g/mol. The predicted molar refractivity (Wildman–Crippen MR) is 76.4 cm³/mol. The fourth-order valence-electron chi connectivity index (χ4n) is 1.70. The quantitative estimate of drug-likeness (QED) is 0.378. The van der Waals surface area contributed by atoms with Crippen LogP contribution in [0, 0.1) is 0 Å². The molecular formula is C14H15N3O4. The first-order valence-corrected chi connectivity index (χ1v) is 6.02. The van der Waals surface area contributed by atoms with Crippen LogP contribution in [0.25, 0.3) is 0 Å².